The van der Waals surface area contributed by atoms with Crippen LogP contribution in [-0.2, 0) is 4.79 Å². The molecule has 25 heavy (non-hydrogen) atoms. The van der Waals surface area contributed by atoms with Gasteiger partial charge in [0.25, 0.3) is 0 Å². The van der Waals surface area contributed by atoms with Gasteiger partial charge in [0.15, 0.2) is 0 Å². The highest BCUT2D eigenvalue weighted by Crippen LogP contribution is 2.40. The number of anilines is 1. The zero-order valence-electron chi connectivity index (χ0n) is 14.1. The van der Waals surface area contributed by atoms with Crippen LogP contribution in [0.15, 0.2) is 42.9 Å². The van der Waals surface area contributed by atoms with Gasteiger partial charge in [-0.1, -0.05) is 25.3 Å². The van der Waals surface area contributed by atoms with Crippen molar-refractivity contribution in [3.05, 3.63) is 42.9 Å². The first-order chi connectivity index (χ1) is 12.2. The number of nitrogens with one attached hydrogen (secondary N) is 1. The van der Waals surface area contributed by atoms with Gasteiger partial charge in [-0.15, -0.1) is 12.3 Å². The molecule has 1 N–H and O–H groups in total. The first kappa shape index (κ1) is 17.0. The lowest BCUT2D eigenvalue weighted by Crippen LogP contribution is -2.37. The second-order valence-corrected chi connectivity index (χ2v) is 6.35. The second kappa shape index (κ2) is 7.80. The van der Waals surface area contributed by atoms with Crippen LogP contribution >= 0.6 is 0 Å². The van der Waals surface area contributed by atoms with Gasteiger partial charge in [-0.2, -0.15) is 0 Å². The van der Waals surface area contributed by atoms with E-state index in [4.69, 9.17) is 11.2 Å². The Bertz CT molecular complexity index is 762. The summed E-state index contributed by atoms with van der Waals surface area (Å²) < 4.78 is 5.66. The number of rotatable bonds is 5. The number of amides is 1. The molecule has 1 aromatic carbocycles. The van der Waals surface area contributed by atoms with E-state index >= 15 is 0 Å². The minimum atomic E-state index is -0.450. The van der Waals surface area contributed by atoms with Crippen molar-refractivity contribution < 1.29 is 9.53 Å². The molecule has 1 heterocycles. The van der Waals surface area contributed by atoms with Crippen LogP contribution in [0.25, 0.3) is 0 Å². The summed E-state index contributed by atoms with van der Waals surface area (Å²) in [6.45, 7) is 0. The lowest BCUT2D eigenvalue weighted by atomic mass is 9.71. The summed E-state index contributed by atoms with van der Waals surface area (Å²) in [6, 6.07) is 7.25. The van der Waals surface area contributed by atoms with Gasteiger partial charge in [0.1, 0.15) is 5.75 Å². The van der Waals surface area contributed by atoms with Gasteiger partial charge in [0.2, 0.25) is 11.8 Å². The highest BCUT2D eigenvalue weighted by atomic mass is 16.5. The predicted molar refractivity (Wildman–Crippen MR) is 96.1 cm³/mol. The van der Waals surface area contributed by atoms with Gasteiger partial charge < -0.3 is 10.1 Å². The molecular weight excluding hydrogens is 314 g/mol. The fraction of sp³-hybridized carbons (Fsp3) is 0.350. The zero-order chi connectivity index (χ0) is 17.5. The quantitative estimate of drug-likeness (QED) is 0.833. The van der Waals surface area contributed by atoms with Crippen LogP contribution in [0.5, 0.6) is 11.6 Å². The van der Waals surface area contributed by atoms with E-state index in [-0.39, 0.29) is 5.91 Å². The Kier molecular flexibility index (Phi) is 5.30. The fourth-order valence-electron chi connectivity index (χ4n) is 3.27. The van der Waals surface area contributed by atoms with E-state index in [2.05, 4.69) is 21.2 Å². The number of carbonyl (C=O) groups is 1. The van der Waals surface area contributed by atoms with Crippen molar-refractivity contribution in [2.45, 2.75) is 38.5 Å². The normalized spacial score (nSPS) is 15.8. The van der Waals surface area contributed by atoms with Gasteiger partial charge in [0, 0.05) is 30.6 Å². The summed E-state index contributed by atoms with van der Waals surface area (Å²) in [5, 5.41) is 3.01. The van der Waals surface area contributed by atoms with Gasteiger partial charge in [0.05, 0.1) is 11.6 Å². The van der Waals surface area contributed by atoms with E-state index in [1.807, 2.05) is 18.2 Å². The lowest BCUT2D eigenvalue weighted by molar-refractivity contribution is -0.127. The molecule has 0 radical (unpaired) electrons. The number of aromatic nitrogens is 2. The molecule has 0 saturated heterocycles. The minimum absolute atomic E-state index is 0.00167. The average molecular weight is 335 g/mol. The number of terminal acetylenes is 1. The lowest BCUT2D eigenvalue weighted by Gasteiger charge is -2.34. The van der Waals surface area contributed by atoms with E-state index in [0.717, 1.165) is 25.7 Å². The van der Waals surface area contributed by atoms with Crippen molar-refractivity contribution in [2.24, 2.45) is 5.41 Å². The summed E-state index contributed by atoms with van der Waals surface area (Å²) >= 11 is 0. The van der Waals surface area contributed by atoms with Crippen molar-refractivity contribution in [3.8, 4) is 24.0 Å². The number of hydrogen-bond donors (Lipinski definition) is 1. The van der Waals surface area contributed by atoms with Crippen molar-refractivity contribution in [3.63, 3.8) is 0 Å². The number of ether oxygens (including phenoxy) is 1. The molecular formula is C20H21N3O2. The number of carbonyl (C=O) groups excluding carboxylic acids is 1. The van der Waals surface area contributed by atoms with Crippen LogP contribution in [0.1, 0.15) is 38.5 Å². The molecule has 0 atom stereocenters. The number of nitrogens with zero attached hydrogens (tertiary/aromatic N) is 2. The first-order valence-electron chi connectivity index (χ1n) is 8.51. The Morgan fingerprint density at radius 2 is 2.12 bits per heavy atom. The molecule has 0 aliphatic heterocycles. The topological polar surface area (TPSA) is 64.1 Å². The standard InChI is InChI=1S/C20H21N3O2/c1-2-9-20(10-4-3-5-11-20)19(24)23-16-7-6-8-17(14-16)25-18-15-21-12-13-22-18/h1,6-8,12-15H,3-5,9-11H2,(H,23,24). The van der Waals surface area contributed by atoms with E-state index in [9.17, 15) is 4.79 Å². The Morgan fingerprint density at radius 3 is 2.84 bits per heavy atom. The number of hydrogen-bond acceptors (Lipinski definition) is 4. The monoisotopic (exact) mass is 335 g/mol. The second-order valence-electron chi connectivity index (χ2n) is 6.35. The molecule has 2 aromatic rings. The molecule has 0 unspecified atom stereocenters. The Hall–Kier alpha value is -2.87. The van der Waals surface area contributed by atoms with Crippen molar-refractivity contribution in [1.82, 2.24) is 9.97 Å². The van der Waals surface area contributed by atoms with Crippen LogP contribution in [0.4, 0.5) is 5.69 Å². The summed E-state index contributed by atoms with van der Waals surface area (Å²) in [6.07, 6.45) is 15.6. The van der Waals surface area contributed by atoms with Gasteiger partial charge >= 0.3 is 0 Å². The SMILES string of the molecule is C#CCC1(C(=O)Nc2cccc(Oc3cnccn3)c2)CCCCC1. The van der Waals surface area contributed by atoms with Crippen molar-refractivity contribution in [2.75, 3.05) is 5.32 Å². The van der Waals surface area contributed by atoms with Gasteiger partial charge in [-0.3, -0.25) is 9.78 Å². The van der Waals surface area contributed by atoms with Crippen LogP contribution in [0.2, 0.25) is 0 Å². The molecule has 5 heteroatoms. The molecule has 0 bridgehead atoms. The molecule has 128 valence electrons. The zero-order valence-corrected chi connectivity index (χ0v) is 14.1. The maximum absolute atomic E-state index is 12.9. The van der Waals surface area contributed by atoms with E-state index in [1.165, 1.54) is 12.6 Å². The molecule has 1 aliphatic carbocycles. The third-order valence-corrected chi connectivity index (χ3v) is 4.59. The van der Waals surface area contributed by atoms with E-state index in [0.29, 0.717) is 23.7 Å². The molecule has 1 saturated carbocycles. The molecule has 1 aliphatic rings. The summed E-state index contributed by atoms with van der Waals surface area (Å²) in [5.41, 5.74) is 0.239. The molecule has 5 nitrogen and oxygen atoms in total. The molecule has 0 spiro atoms. The maximum Gasteiger partial charge on any atom is 0.237 e. The summed E-state index contributed by atoms with van der Waals surface area (Å²) in [7, 11) is 0. The Morgan fingerprint density at radius 1 is 1.28 bits per heavy atom. The first-order valence-corrected chi connectivity index (χ1v) is 8.51. The predicted octanol–water partition coefficient (Wildman–Crippen LogP) is 4.18. The van der Waals surface area contributed by atoms with Crippen molar-refractivity contribution >= 4 is 11.6 Å². The van der Waals surface area contributed by atoms with Gasteiger partial charge in [-0.25, -0.2) is 4.98 Å². The van der Waals surface area contributed by atoms with Crippen LogP contribution < -0.4 is 10.1 Å². The van der Waals surface area contributed by atoms with E-state index in [1.54, 1.807) is 18.5 Å². The third kappa shape index (κ3) is 4.16. The highest BCUT2D eigenvalue weighted by Gasteiger charge is 2.38. The Labute approximate surface area is 147 Å². The number of benzene rings is 1. The largest absolute Gasteiger partial charge is 0.437 e. The van der Waals surface area contributed by atoms with Crippen LogP contribution in [0, 0.1) is 17.8 Å². The third-order valence-electron chi connectivity index (χ3n) is 4.59. The van der Waals surface area contributed by atoms with Gasteiger partial charge in [-0.05, 0) is 25.0 Å². The maximum atomic E-state index is 12.9. The molecule has 3 rings (SSSR count). The van der Waals surface area contributed by atoms with Crippen LogP contribution in [0.3, 0.4) is 0 Å². The minimum Gasteiger partial charge on any atom is -0.437 e. The average Bonchev–Trinajstić information content (AvgIpc) is 2.64. The fourth-order valence-corrected chi connectivity index (χ4v) is 3.27. The van der Waals surface area contributed by atoms with Crippen molar-refractivity contribution in [1.29, 1.82) is 0 Å². The molecule has 1 aromatic heterocycles. The molecule has 1 amide bonds. The van der Waals surface area contributed by atoms with E-state index < -0.39 is 5.41 Å². The Balaban J connectivity index is 1.73. The smallest absolute Gasteiger partial charge is 0.237 e. The molecule has 1 fully saturated rings. The summed E-state index contributed by atoms with van der Waals surface area (Å²) in [4.78, 5) is 20.9. The van der Waals surface area contributed by atoms with Crippen LogP contribution in [-0.4, -0.2) is 15.9 Å². The highest BCUT2D eigenvalue weighted by molar-refractivity contribution is 5.95. The summed E-state index contributed by atoms with van der Waals surface area (Å²) in [5.74, 6) is 3.69.